The van der Waals surface area contributed by atoms with Gasteiger partial charge >= 0.3 is 12.1 Å². The van der Waals surface area contributed by atoms with Crippen LogP contribution in [0, 0.1) is 12.8 Å². The number of carbonyl (C=O) groups is 5. The quantitative estimate of drug-likeness (QED) is 0.133. The van der Waals surface area contributed by atoms with Gasteiger partial charge in [0.1, 0.15) is 29.5 Å². The summed E-state index contributed by atoms with van der Waals surface area (Å²) in [6.07, 6.45) is 8.01. The average molecular weight is 791 g/mol. The van der Waals surface area contributed by atoms with E-state index in [0.717, 1.165) is 33.9 Å². The number of pyridine rings is 1. The van der Waals surface area contributed by atoms with E-state index in [1.54, 1.807) is 34.6 Å². The maximum absolute atomic E-state index is 15.3. The fourth-order valence-electron chi connectivity index (χ4n) is 7.98. The van der Waals surface area contributed by atoms with E-state index in [0.29, 0.717) is 29.9 Å². The Kier molecular flexibility index (Phi) is 11.5. The Bertz CT molecular complexity index is 2250. The van der Waals surface area contributed by atoms with E-state index < -0.39 is 65.0 Å². The fraction of sp³-hybridized carbons (Fsp3) is 0.455. The molecule has 304 valence electrons. The molecular formula is C44H50N6O8. The van der Waals surface area contributed by atoms with Gasteiger partial charge in [0.2, 0.25) is 11.8 Å². The summed E-state index contributed by atoms with van der Waals surface area (Å²) < 4.78 is 18.0. The van der Waals surface area contributed by atoms with E-state index in [-0.39, 0.29) is 38.1 Å². The summed E-state index contributed by atoms with van der Waals surface area (Å²) in [7, 11) is 0. The number of esters is 1. The van der Waals surface area contributed by atoms with Gasteiger partial charge in [-0.3, -0.25) is 19.4 Å². The first-order valence-corrected chi connectivity index (χ1v) is 20.1. The molecule has 14 heteroatoms. The van der Waals surface area contributed by atoms with Crippen LogP contribution in [0.25, 0.3) is 21.7 Å². The summed E-state index contributed by atoms with van der Waals surface area (Å²) in [5, 5.41) is 5.48. The molecule has 4 aromatic rings. The molecule has 5 atom stereocenters. The highest BCUT2D eigenvalue weighted by Gasteiger charge is 2.69. The molecule has 3 aliphatic rings. The summed E-state index contributed by atoms with van der Waals surface area (Å²) >= 11 is 0. The van der Waals surface area contributed by atoms with E-state index in [1.807, 2.05) is 60.7 Å². The van der Waals surface area contributed by atoms with Crippen LogP contribution in [0.5, 0.6) is 5.88 Å². The number of nitrogens with zero attached hydrogens (tertiary/aromatic N) is 5. The summed E-state index contributed by atoms with van der Waals surface area (Å²) in [5.74, 6) is -2.87. The fourth-order valence-corrected chi connectivity index (χ4v) is 7.98. The van der Waals surface area contributed by atoms with Gasteiger partial charge < -0.3 is 24.4 Å². The number of hydrogen-bond donors (Lipinski definition) is 1. The summed E-state index contributed by atoms with van der Waals surface area (Å²) in [4.78, 5) is 87.6. The number of aromatic nitrogens is 3. The Balaban J connectivity index is 1.31. The topological polar surface area (TPSA) is 170 Å². The zero-order valence-corrected chi connectivity index (χ0v) is 33.6. The van der Waals surface area contributed by atoms with Crippen LogP contribution in [-0.2, 0) is 23.9 Å². The zero-order valence-electron chi connectivity index (χ0n) is 33.6. The smallest absolute Gasteiger partial charge is 0.418 e. The van der Waals surface area contributed by atoms with Crippen LogP contribution in [0.2, 0.25) is 0 Å². The third-order valence-electron chi connectivity index (χ3n) is 10.8. The van der Waals surface area contributed by atoms with Gasteiger partial charge in [-0.05, 0) is 77.8 Å². The second-order valence-electron chi connectivity index (χ2n) is 16.2. The number of fused-ring (bicyclic) bond motifs is 5. The number of carbonyl (C=O) groups excluding carboxylic acids is 5. The summed E-state index contributed by atoms with van der Waals surface area (Å²) in [6, 6.07) is 13.1. The zero-order chi connectivity index (χ0) is 41.2. The largest absolute Gasteiger partial charge is 0.472 e. The first-order valence-electron chi connectivity index (χ1n) is 20.1. The highest BCUT2D eigenvalue weighted by molar-refractivity contribution is 6.08. The van der Waals surface area contributed by atoms with Crippen molar-refractivity contribution in [1.82, 2.24) is 30.1 Å². The number of rotatable bonds is 6. The molecule has 2 fully saturated rings. The van der Waals surface area contributed by atoms with E-state index in [9.17, 15) is 19.2 Å². The Morgan fingerprint density at radius 1 is 0.931 bits per heavy atom. The summed E-state index contributed by atoms with van der Waals surface area (Å²) in [6.45, 7) is 8.38. The lowest BCUT2D eigenvalue weighted by Crippen LogP contribution is -2.60. The van der Waals surface area contributed by atoms with Gasteiger partial charge in [0.25, 0.3) is 11.8 Å². The van der Waals surface area contributed by atoms with Gasteiger partial charge in [0, 0.05) is 29.3 Å². The molecule has 1 N–H and O–H groups in total. The van der Waals surface area contributed by atoms with Crippen molar-refractivity contribution < 1.29 is 38.2 Å². The van der Waals surface area contributed by atoms with Crippen LogP contribution in [0.4, 0.5) is 4.79 Å². The molecule has 0 spiro atoms. The Labute approximate surface area is 337 Å². The van der Waals surface area contributed by atoms with Gasteiger partial charge in [0.15, 0.2) is 5.54 Å². The number of aryl methyl sites for hydroxylation is 1. The number of para-hydroxylation sites is 1. The number of imide groups is 1. The molecule has 4 heterocycles. The van der Waals surface area contributed by atoms with Crippen molar-refractivity contribution in [3.8, 4) is 5.88 Å². The SMILES string of the molecule is CCOC(=O)C12CC1C=CCCCCCC(NC(=O)c1cnc(C)cn1)C(=O)N1CC(Oc3nc4ccccc4c4ccccc34)CC1C(=O)N2C(=O)OC(C)(C)C. The van der Waals surface area contributed by atoms with Crippen molar-refractivity contribution in [2.45, 2.75) is 109 Å². The van der Waals surface area contributed by atoms with Crippen molar-refractivity contribution in [1.29, 1.82) is 0 Å². The van der Waals surface area contributed by atoms with E-state index in [4.69, 9.17) is 19.2 Å². The normalized spacial score (nSPS) is 24.0. The second kappa shape index (κ2) is 16.5. The third kappa shape index (κ3) is 8.23. The lowest BCUT2D eigenvalue weighted by molar-refractivity contribution is -0.159. The summed E-state index contributed by atoms with van der Waals surface area (Å²) in [5.41, 5.74) is -1.34. The van der Waals surface area contributed by atoms with E-state index in [1.165, 1.54) is 17.3 Å². The molecule has 1 aliphatic carbocycles. The van der Waals surface area contributed by atoms with Crippen LogP contribution in [0.15, 0.2) is 73.1 Å². The second-order valence-corrected chi connectivity index (χ2v) is 16.2. The molecule has 1 saturated carbocycles. The Morgan fingerprint density at radius 3 is 2.40 bits per heavy atom. The molecule has 2 aliphatic heterocycles. The van der Waals surface area contributed by atoms with Gasteiger partial charge in [0.05, 0.1) is 30.6 Å². The predicted molar refractivity (Wildman–Crippen MR) is 215 cm³/mol. The maximum atomic E-state index is 15.3. The van der Waals surface area contributed by atoms with Gasteiger partial charge in [-0.25, -0.2) is 24.5 Å². The molecular weight excluding hydrogens is 741 g/mol. The van der Waals surface area contributed by atoms with E-state index >= 15 is 4.79 Å². The van der Waals surface area contributed by atoms with Gasteiger partial charge in [-0.1, -0.05) is 61.4 Å². The third-order valence-corrected chi connectivity index (χ3v) is 10.8. The predicted octanol–water partition coefficient (Wildman–Crippen LogP) is 6.24. The molecule has 1 saturated heterocycles. The number of amides is 4. The minimum absolute atomic E-state index is 0.0246. The first kappa shape index (κ1) is 40.3. The lowest BCUT2D eigenvalue weighted by Gasteiger charge is -2.35. The number of allylic oxidation sites excluding steroid dienone is 1. The van der Waals surface area contributed by atoms with Crippen molar-refractivity contribution in [3.63, 3.8) is 0 Å². The molecule has 0 radical (unpaired) electrons. The minimum Gasteiger partial charge on any atom is -0.472 e. The van der Waals surface area contributed by atoms with Crippen LogP contribution in [0.1, 0.15) is 88.8 Å². The Morgan fingerprint density at radius 2 is 1.67 bits per heavy atom. The highest BCUT2D eigenvalue weighted by Crippen LogP contribution is 2.52. The number of benzene rings is 2. The lowest BCUT2D eigenvalue weighted by atomic mass is 10.0. The number of hydrogen-bond acceptors (Lipinski definition) is 11. The Hall–Kier alpha value is -5.92. The van der Waals surface area contributed by atoms with E-state index in [2.05, 4.69) is 15.3 Å². The molecule has 2 aromatic carbocycles. The standard InChI is InChI=1S/C44H50N6O8/c1-6-56-41(54)44-23-28(44)16-10-8-7-9-11-21-34(47-37(51)35-25-45-27(2)24-46-35)39(52)49-26-29(22-36(49)40(53)50(44)42(55)58-43(3,4)5)57-38-32-19-13-12-17-30(32)31-18-14-15-20-33(31)48-38/h10,12-20,24-25,28-29,34,36H,6-9,11,21-23,26H2,1-5H3,(H,47,51). The minimum atomic E-state index is -1.69. The molecule has 58 heavy (non-hydrogen) atoms. The molecule has 7 rings (SSSR count). The highest BCUT2D eigenvalue weighted by atomic mass is 16.6. The van der Waals surface area contributed by atoms with Crippen LogP contribution in [0.3, 0.4) is 0 Å². The molecule has 14 nitrogen and oxygen atoms in total. The monoisotopic (exact) mass is 790 g/mol. The van der Waals surface area contributed by atoms with Crippen molar-refractivity contribution in [2.75, 3.05) is 13.2 Å². The van der Waals surface area contributed by atoms with Crippen LogP contribution < -0.4 is 10.1 Å². The molecule has 5 unspecified atom stereocenters. The van der Waals surface area contributed by atoms with Crippen LogP contribution >= 0.6 is 0 Å². The van der Waals surface area contributed by atoms with Gasteiger partial charge in [-0.15, -0.1) is 0 Å². The molecule has 0 bridgehead atoms. The average Bonchev–Trinajstić information content (AvgIpc) is 3.75. The maximum Gasteiger partial charge on any atom is 0.418 e. The van der Waals surface area contributed by atoms with Crippen molar-refractivity contribution in [2.24, 2.45) is 5.92 Å². The number of ether oxygens (including phenoxy) is 3. The van der Waals surface area contributed by atoms with Gasteiger partial charge in [-0.2, -0.15) is 0 Å². The van der Waals surface area contributed by atoms with Crippen LogP contribution in [-0.4, -0.2) is 97.0 Å². The van der Waals surface area contributed by atoms with Crippen molar-refractivity contribution in [3.05, 3.63) is 84.5 Å². The first-order chi connectivity index (χ1) is 27.8. The van der Waals surface area contributed by atoms with Crippen molar-refractivity contribution >= 4 is 51.5 Å². The molecule has 2 aromatic heterocycles. The molecule has 4 amide bonds. The number of nitrogens with one attached hydrogen (secondary N) is 1.